The monoisotopic (exact) mass is 485 g/mol. The SMILES string of the molecule is CCNC(=NCc1ccc(Br)cc1F)N1CCC(O)CC1.I. The highest BCUT2D eigenvalue weighted by Gasteiger charge is 2.19. The van der Waals surface area contributed by atoms with Gasteiger partial charge in [-0.1, -0.05) is 22.0 Å². The second-order valence-corrected chi connectivity index (χ2v) is 6.04. The van der Waals surface area contributed by atoms with Crippen LogP contribution < -0.4 is 5.32 Å². The van der Waals surface area contributed by atoms with Crippen LogP contribution in [0.3, 0.4) is 0 Å². The van der Waals surface area contributed by atoms with E-state index in [-0.39, 0.29) is 35.9 Å². The van der Waals surface area contributed by atoms with E-state index in [1.807, 2.05) is 13.0 Å². The van der Waals surface area contributed by atoms with Crippen molar-refractivity contribution in [2.45, 2.75) is 32.4 Å². The molecule has 0 bridgehead atoms. The molecule has 0 atom stereocenters. The largest absolute Gasteiger partial charge is 0.393 e. The number of benzene rings is 1. The molecular weight excluding hydrogens is 464 g/mol. The third-order valence-electron chi connectivity index (χ3n) is 3.51. The van der Waals surface area contributed by atoms with Gasteiger partial charge in [0.15, 0.2) is 5.96 Å². The number of halogens is 3. The van der Waals surface area contributed by atoms with E-state index in [1.165, 1.54) is 6.07 Å². The summed E-state index contributed by atoms with van der Waals surface area (Å²) in [6.07, 6.45) is 1.28. The van der Waals surface area contributed by atoms with Crippen LogP contribution in [0.25, 0.3) is 0 Å². The number of guanidine groups is 1. The Kier molecular flexibility index (Phi) is 8.63. The molecule has 0 aromatic heterocycles. The van der Waals surface area contributed by atoms with E-state index in [0.29, 0.717) is 12.1 Å². The number of likely N-dealkylation sites (tertiary alicyclic amines) is 1. The van der Waals surface area contributed by atoms with E-state index in [2.05, 4.69) is 31.1 Å². The van der Waals surface area contributed by atoms with Gasteiger partial charge in [-0.2, -0.15) is 0 Å². The topological polar surface area (TPSA) is 47.9 Å². The van der Waals surface area contributed by atoms with E-state index in [9.17, 15) is 9.50 Å². The quantitative estimate of drug-likeness (QED) is 0.393. The van der Waals surface area contributed by atoms with E-state index in [0.717, 1.165) is 42.9 Å². The fraction of sp³-hybridized carbons (Fsp3) is 0.533. The molecule has 2 N–H and O–H groups in total. The van der Waals surface area contributed by atoms with Crippen molar-refractivity contribution in [2.75, 3.05) is 19.6 Å². The molecule has 124 valence electrons. The molecule has 1 saturated heterocycles. The number of piperidine rings is 1. The van der Waals surface area contributed by atoms with E-state index >= 15 is 0 Å². The molecule has 1 fully saturated rings. The first-order valence-corrected chi connectivity index (χ1v) is 8.04. The smallest absolute Gasteiger partial charge is 0.194 e. The average molecular weight is 486 g/mol. The summed E-state index contributed by atoms with van der Waals surface area (Å²) >= 11 is 3.25. The minimum Gasteiger partial charge on any atom is -0.393 e. The molecule has 0 spiro atoms. The molecule has 7 heteroatoms. The minimum atomic E-state index is -0.252. The van der Waals surface area contributed by atoms with Crippen LogP contribution in [0.4, 0.5) is 4.39 Å². The fourth-order valence-electron chi connectivity index (χ4n) is 2.31. The van der Waals surface area contributed by atoms with Crippen LogP contribution in [0.15, 0.2) is 27.7 Å². The number of hydrogen-bond acceptors (Lipinski definition) is 2. The van der Waals surface area contributed by atoms with Crippen molar-refractivity contribution in [3.8, 4) is 0 Å². The summed E-state index contributed by atoms with van der Waals surface area (Å²) in [6.45, 7) is 4.63. The molecule has 0 amide bonds. The maximum atomic E-state index is 13.8. The normalized spacial score (nSPS) is 16.4. The number of aliphatic imine (C=N–C) groups is 1. The van der Waals surface area contributed by atoms with Crippen molar-refractivity contribution in [1.29, 1.82) is 0 Å². The van der Waals surface area contributed by atoms with Gasteiger partial charge in [0.25, 0.3) is 0 Å². The molecule has 1 aromatic carbocycles. The summed E-state index contributed by atoms with van der Waals surface area (Å²) < 4.78 is 14.5. The van der Waals surface area contributed by atoms with Gasteiger partial charge in [0.2, 0.25) is 0 Å². The van der Waals surface area contributed by atoms with Crippen LogP contribution >= 0.6 is 39.9 Å². The zero-order valence-corrected chi connectivity index (χ0v) is 16.5. The van der Waals surface area contributed by atoms with Gasteiger partial charge < -0.3 is 15.3 Å². The standard InChI is InChI=1S/C15H21BrFN3O.HI/c1-2-18-15(20-7-5-13(21)6-8-20)19-10-11-3-4-12(16)9-14(11)17;/h3-4,9,13,21H,2,5-8,10H2,1H3,(H,18,19);1H. The molecule has 0 saturated carbocycles. The first kappa shape index (κ1) is 19.6. The van der Waals surface area contributed by atoms with Gasteiger partial charge in [-0.25, -0.2) is 9.38 Å². The lowest BCUT2D eigenvalue weighted by Gasteiger charge is -2.32. The zero-order valence-electron chi connectivity index (χ0n) is 12.6. The third kappa shape index (κ3) is 5.66. The van der Waals surface area contributed by atoms with Gasteiger partial charge >= 0.3 is 0 Å². The van der Waals surface area contributed by atoms with Crippen molar-refractivity contribution in [3.63, 3.8) is 0 Å². The summed E-state index contributed by atoms with van der Waals surface area (Å²) in [5, 5.41) is 12.8. The van der Waals surface area contributed by atoms with Crippen LogP contribution in [0, 0.1) is 5.82 Å². The van der Waals surface area contributed by atoms with Crippen LogP contribution in [-0.2, 0) is 6.54 Å². The first-order valence-electron chi connectivity index (χ1n) is 7.25. The molecule has 0 radical (unpaired) electrons. The molecule has 2 rings (SSSR count). The maximum Gasteiger partial charge on any atom is 0.194 e. The lowest BCUT2D eigenvalue weighted by atomic mass is 10.1. The van der Waals surface area contributed by atoms with Crippen molar-refractivity contribution in [1.82, 2.24) is 10.2 Å². The van der Waals surface area contributed by atoms with Crippen LogP contribution in [-0.4, -0.2) is 41.7 Å². The number of nitrogens with one attached hydrogen (secondary N) is 1. The Bertz CT molecular complexity index is 508. The molecule has 22 heavy (non-hydrogen) atoms. The second-order valence-electron chi connectivity index (χ2n) is 5.12. The van der Waals surface area contributed by atoms with Crippen LogP contribution in [0.2, 0.25) is 0 Å². The molecule has 1 aromatic rings. The van der Waals surface area contributed by atoms with Gasteiger partial charge in [0, 0.05) is 29.7 Å². The van der Waals surface area contributed by atoms with Crippen molar-refractivity contribution < 1.29 is 9.50 Å². The molecular formula is C15H22BrFIN3O. The van der Waals surface area contributed by atoms with E-state index in [4.69, 9.17) is 0 Å². The molecule has 1 aliphatic rings. The summed E-state index contributed by atoms with van der Waals surface area (Å²) in [4.78, 5) is 6.64. The highest BCUT2D eigenvalue weighted by atomic mass is 127. The Hall–Kier alpha value is -0.410. The number of aliphatic hydroxyl groups excluding tert-OH is 1. The predicted molar refractivity (Wildman–Crippen MR) is 101 cm³/mol. The van der Waals surface area contributed by atoms with Crippen molar-refractivity contribution in [2.24, 2.45) is 4.99 Å². The van der Waals surface area contributed by atoms with Gasteiger partial charge in [-0.05, 0) is 31.9 Å². The average Bonchev–Trinajstić information content (AvgIpc) is 2.46. The lowest BCUT2D eigenvalue weighted by molar-refractivity contribution is 0.108. The molecule has 0 unspecified atom stereocenters. The van der Waals surface area contributed by atoms with Crippen LogP contribution in [0.1, 0.15) is 25.3 Å². The number of rotatable bonds is 3. The second kappa shape index (κ2) is 9.67. The Balaban J connectivity index is 0.00000242. The Labute approximate surface area is 156 Å². The third-order valence-corrected chi connectivity index (χ3v) is 4.01. The lowest BCUT2D eigenvalue weighted by Crippen LogP contribution is -2.46. The first-order chi connectivity index (χ1) is 10.1. The summed E-state index contributed by atoms with van der Waals surface area (Å²) in [7, 11) is 0. The van der Waals surface area contributed by atoms with Crippen molar-refractivity contribution >= 4 is 45.9 Å². The maximum absolute atomic E-state index is 13.8. The number of nitrogens with zero attached hydrogens (tertiary/aromatic N) is 2. The molecule has 1 aliphatic heterocycles. The fourth-order valence-corrected chi connectivity index (χ4v) is 2.65. The Morgan fingerprint density at radius 3 is 2.73 bits per heavy atom. The summed E-state index contributed by atoms with van der Waals surface area (Å²) in [6, 6.07) is 5.01. The number of aliphatic hydroxyl groups is 1. The highest BCUT2D eigenvalue weighted by molar-refractivity contribution is 14.0. The highest BCUT2D eigenvalue weighted by Crippen LogP contribution is 2.16. The van der Waals surface area contributed by atoms with Crippen LogP contribution in [0.5, 0.6) is 0 Å². The van der Waals surface area contributed by atoms with Gasteiger partial charge in [-0.3, -0.25) is 0 Å². The zero-order chi connectivity index (χ0) is 15.2. The molecule has 4 nitrogen and oxygen atoms in total. The number of hydrogen-bond donors (Lipinski definition) is 2. The van der Waals surface area contributed by atoms with Gasteiger partial charge in [0.05, 0.1) is 12.6 Å². The molecule has 0 aliphatic carbocycles. The summed E-state index contributed by atoms with van der Waals surface area (Å²) in [5.41, 5.74) is 0.575. The Morgan fingerprint density at radius 2 is 2.14 bits per heavy atom. The van der Waals surface area contributed by atoms with Gasteiger partial charge in [-0.15, -0.1) is 24.0 Å². The predicted octanol–water partition coefficient (Wildman–Crippen LogP) is 3.13. The van der Waals surface area contributed by atoms with E-state index < -0.39 is 0 Å². The molecule has 1 heterocycles. The Morgan fingerprint density at radius 1 is 1.45 bits per heavy atom. The minimum absolute atomic E-state index is 0. The van der Waals surface area contributed by atoms with Crippen molar-refractivity contribution in [3.05, 3.63) is 34.1 Å². The van der Waals surface area contributed by atoms with E-state index in [1.54, 1.807) is 6.07 Å². The van der Waals surface area contributed by atoms with Gasteiger partial charge in [0.1, 0.15) is 5.82 Å². The summed E-state index contributed by atoms with van der Waals surface area (Å²) in [5.74, 6) is 0.532.